The first-order chi connectivity index (χ1) is 9.52. The molecule has 1 aliphatic rings. The second-order valence-electron chi connectivity index (χ2n) is 5.55. The lowest BCUT2D eigenvalue weighted by Crippen LogP contribution is -2.43. The first-order valence-corrected chi connectivity index (χ1v) is 8.01. The molecule has 2 rings (SSSR count). The van der Waals surface area contributed by atoms with Gasteiger partial charge in [-0.1, -0.05) is 36.5 Å². The number of halogens is 2. The summed E-state index contributed by atoms with van der Waals surface area (Å²) in [7, 11) is 0. The number of ketones is 1. The standard InChI is InChI=1S/C16H21Cl2NO/c1-3-19(10-12-5-4-6-12)11(2)16(20)14-8-7-13(17)9-15(14)18/h7-9,11-12H,3-6,10H2,1-2H3. The largest absolute Gasteiger partial charge is 0.294 e. The molecular formula is C16H21Cl2NO. The predicted octanol–water partition coefficient (Wildman–Crippen LogP) is 4.69. The van der Waals surface area contributed by atoms with Crippen molar-refractivity contribution in [2.75, 3.05) is 13.1 Å². The van der Waals surface area contributed by atoms with Crippen LogP contribution >= 0.6 is 23.2 Å². The number of rotatable bonds is 6. The number of nitrogens with zero attached hydrogens (tertiary/aromatic N) is 1. The van der Waals surface area contributed by atoms with Gasteiger partial charge in [-0.25, -0.2) is 0 Å². The lowest BCUT2D eigenvalue weighted by molar-refractivity contribution is 0.0790. The van der Waals surface area contributed by atoms with Crippen molar-refractivity contribution in [3.05, 3.63) is 33.8 Å². The van der Waals surface area contributed by atoms with E-state index in [2.05, 4.69) is 11.8 Å². The van der Waals surface area contributed by atoms with Crippen LogP contribution in [0.15, 0.2) is 18.2 Å². The molecule has 1 aromatic rings. The van der Waals surface area contributed by atoms with Crippen LogP contribution in [-0.4, -0.2) is 29.8 Å². The molecule has 1 saturated carbocycles. The first kappa shape index (κ1) is 15.8. The van der Waals surface area contributed by atoms with E-state index in [1.165, 1.54) is 19.3 Å². The van der Waals surface area contributed by atoms with Crippen molar-refractivity contribution in [1.29, 1.82) is 0 Å². The maximum absolute atomic E-state index is 12.6. The molecule has 0 bridgehead atoms. The molecule has 1 aromatic carbocycles. The number of hydrogen-bond donors (Lipinski definition) is 0. The van der Waals surface area contributed by atoms with Crippen LogP contribution < -0.4 is 0 Å². The zero-order valence-electron chi connectivity index (χ0n) is 12.0. The molecule has 0 N–H and O–H groups in total. The summed E-state index contributed by atoms with van der Waals surface area (Å²) in [5.74, 6) is 0.832. The maximum atomic E-state index is 12.6. The highest BCUT2D eigenvalue weighted by molar-refractivity contribution is 6.37. The first-order valence-electron chi connectivity index (χ1n) is 7.26. The van der Waals surface area contributed by atoms with Gasteiger partial charge in [-0.15, -0.1) is 0 Å². The molecule has 0 heterocycles. The van der Waals surface area contributed by atoms with E-state index >= 15 is 0 Å². The molecule has 20 heavy (non-hydrogen) atoms. The summed E-state index contributed by atoms with van der Waals surface area (Å²) >= 11 is 12.0. The predicted molar refractivity (Wildman–Crippen MR) is 84.8 cm³/mol. The fourth-order valence-electron chi connectivity index (χ4n) is 2.65. The maximum Gasteiger partial charge on any atom is 0.181 e. The molecule has 4 heteroatoms. The van der Waals surface area contributed by atoms with Gasteiger partial charge in [-0.3, -0.25) is 9.69 Å². The lowest BCUT2D eigenvalue weighted by Gasteiger charge is -2.34. The molecule has 110 valence electrons. The van der Waals surface area contributed by atoms with Crippen LogP contribution in [0.1, 0.15) is 43.5 Å². The Bertz CT molecular complexity index is 485. The Hall–Kier alpha value is -0.570. The molecule has 1 fully saturated rings. The van der Waals surface area contributed by atoms with Gasteiger partial charge in [0, 0.05) is 17.1 Å². The minimum absolute atomic E-state index is 0.0767. The fourth-order valence-corrected chi connectivity index (χ4v) is 3.15. The van der Waals surface area contributed by atoms with Crippen LogP contribution in [-0.2, 0) is 0 Å². The Kier molecular flexibility index (Phi) is 5.48. The van der Waals surface area contributed by atoms with Crippen molar-refractivity contribution < 1.29 is 4.79 Å². The minimum atomic E-state index is -0.140. The molecule has 2 nitrogen and oxygen atoms in total. The van der Waals surface area contributed by atoms with Gasteiger partial charge in [0.25, 0.3) is 0 Å². The molecule has 0 amide bonds. The van der Waals surface area contributed by atoms with Crippen molar-refractivity contribution in [2.24, 2.45) is 5.92 Å². The molecular weight excluding hydrogens is 293 g/mol. The highest BCUT2D eigenvalue weighted by Gasteiger charge is 2.27. The summed E-state index contributed by atoms with van der Waals surface area (Å²) in [5.41, 5.74) is 0.565. The molecule has 1 aliphatic carbocycles. The van der Waals surface area contributed by atoms with Crippen molar-refractivity contribution in [1.82, 2.24) is 4.90 Å². The van der Waals surface area contributed by atoms with Gasteiger partial charge in [0.05, 0.1) is 11.1 Å². The molecule has 0 spiro atoms. The second kappa shape index (κ2) is 6.93. The zero-order valence-corrected chi connectivity index (χ0v) is 13.5. The van der Waals surface area contributed by atoms with Gasteiger partial charge in [0.15, 0.2) is 5.78 Å². The number of hydrogen-bond acceptors (Lipinski definition) is 2. The summed E-state index contributed by atoms with van der Waals surface area (Å²) < 4.78 is 0. The smallest absolute Gasteiger partial charge is 0.181 e. The van der Waals surface area contributed by atoms with Gasteiger partial charge in [-0.2, -0.15) is 0 Å². The third kappa shape index (κ3) is 3.55. The highest BCUT2D eigenvalue weighted by Crippen LogP contribution is 2.28. The van der Waals surface area contributed by atoms with Crippen LogP contribution in [0, 0.1) is 5.92 Å². The van der Waals surface area contributed by atoms with Crippen molar-refractivity contribution in [3.8, 4) is 0 Å². The van der Waals surface area contributed by atoms with Crippen molar-refractivity contribution in [3.63, 3.8) is 0 Å². The zero-order chi connectivity index (χ0) is 14.7. The number of benzene rings is 1. The summed E-state index contributed by atoms with van der Waals surface area (Å²) in [4.78, 5) is 14.8. The molecule has 0 saturated heterocycles. The van der Waals surface area contributed by atoms with E-state index in [1.807, 2.05) is 6.92 Å². The number of Topliss-reactive ketones (excluding diaryl/α,β-unsaturated/α-hetero) is 1. The Morgan fingerprint density at radius 1 is 1.40 bits per heavy atom. The van der Waals surface area contributed by atoms with Crippen LogP contribution in [0.5, 0.6) is 0 Å². The lowest BCUT2D eigenvalue weighted by atomic mass is 9.84. The van der Waals surface area contributed by atoms with Crippen LogP contribution in [0.2, 0.25) is 10.0 Å². The minimum Gasteiger partial charge on any atom is -0.294 e. The van der Waals surface area contributed by atoms with Gasteiger partial charge in [0.2, 0.25) is 0 Å². The Balaban J connectivity index is 2.09. The van der Waals surface area contributed by atoms with Crippen LogP contribution in [0.25, 0.3) is 0 Å². The second-order valence-corrected chi connectivity index (χ2v) is 6.39. The van der Waals surface area contributed by atoms with Crippen molar-refractivity contribution >= 4 is 29.0 Å². The number of carbonyl (C=O) groups is 1. The third-order valence-electron chi connectivity index (χ3n) is 4.25. The fraction of sp³-hybridized carbons (Fsp3) is 0.562. The normalized spacial score (nSPS) is 17.1. The van der Waals surface area contributed by atoms with E-state index in [0.29, 0.717) is 15.6 Å². The van der Waals surface area contributed by atoms with Gasteiger partial charge in [-0.05, 0) is 50.4 Å². The molecule has 1 atom stereocenters. The quantitative estimate of drug-likeness (QED) is 0.710. The third-order valence-corrected chi connectivity index (χ3v) is 4.80. The van der Waals surface area contributed by atoms with E-state index in [9.17, 15) is 4.79 Å². The highest BCUT2D eigenvalue weighted by atomic mass is 35.5. The summed E-state index contributed by atoms with van der Waals surface area (Å²) in [5, 5.41) is 0.995. The Labute approximate surface area is 131 Å². The van der Waals surface area contributed by atoms with Gasteiger partial charge in [0.1, 0.15) is 0 Å². The summed E-state index contributed by atoms with van der Waals surface area (Å²) in [6.07, 6.45) is 3.91. The van der Waals surface area contributed by atoms with E-state index in [0.717, 1.165) is 19.0 Å². The molecule has 0 radical (unpaired) electrons. The Morgan fingerprint density at radius 2 is 2.10 bits per heavy atom. The topological polar surface area (TPSA) is 20.3 Å². The van der Waals surface area contributed by atoms with E-state index in [1.54, 1.807) is 18.2 Å². The molecule has 0 aliphatic heterocycles. The van der Waals surface area contributed by atoms with Crippen molar-refractivity contribution in [2.45, 2.75) is 39.2 Å². The van der Waals surface area contributed by atoms with Gasteiger partial charge < -0.3 is 0 Å². The Morgan fingerprint density at radius 3 is 2.60 bits per heavy atom. The van der Waals surface area contributed by atoms with E-state index in [4.69, 9.17) is 23.2 Å². The average molecular weight is 314 g/mol. The number of likely N-dealkylation sites (N-methyl/N-ethyl adjacent to an activating group) is 1. The summed E-state index contributed by atoms with van der Waals surface area (Å²) in [6, 6.07) is 4.93. The molecule has 1 unspecified atom stereocenters. The van der Waals surface area contributed by atoms with Crippen LogP contribution in [0.4, 0.5) is 0 Å². The van der Waals surface area contributed by atoms with E-state index < -0.39 is 0 Å². The van der Waals surface area contributed by atoms with Gasteiger partial charge >= 0.3 is 0 Å². The number of carbonyl (C=O) groups excluding carboxylic acids is 1. The SMILES string of the molecule is CCN(CC1CCC1)C(C)C(=O)c1ccc(Cl)cc1Cl. The van der Waals surface area contributed by atoms with Crippen LogP contribution in [0.3, 0.4) is 0 Å². The molecule has 0 aromatic heterocycles. The van der Waals surface area contributed by atoms with E-state index in [-0.39, 0.29) is 11.8 Å². The average Bonchev–Trinajstić information content (AvgIpc) is 2.36. The monoisotopic (exact) mass is 313 g/mol. The summed E-state index contributed by atoms with van der Waals surface area (Å²) in [6.45, 7) is 5.96.